The van der Waals surface area contributed by atoms with Crippen LogP contribution in [0.15, 0.2) is 0 Å². The Hall–Kier alpha value is 0.177. The van der Waals surface area contributed by atoms with Crippen LogP contribution in [0.2, 0.25) is 0 Å². The molecule has 0 saturated carbocycles. The summed E-state index contributed by atoms with van der Waals surface area (Å²) in [4.78, 5) is 2.63. The topological polar surface area (TPSA) is 3.24 Å². The summed E-state index contributed by atoms with van der Waals surface area (Å²) in [7, 11) is 1.30. The summed E-state index contributed by atoms with van der Waals surface area (Å²) < 4.78 is 0. The number of hydrogen-bond acceptors (Lipinski definition) is 1. The largest absolute Gasteiger partial charge is 0.302 e. The molecule has 0 aliphatic heterocycles. The minimum atomic E-state index is 0.780. The van der Waals surface area contributed by atoms with E-state index in [4.69, 9.17) is 0 Å². The summed E-state index contributed by atoms with van der Waals surface area (Å²) in [6.07, 6.45) is 3.89. The molecule has 0 fully saturated rings. The molecule has 0 aromatic carbocycles. The van der Waals surface area contributed by atoms with Gasteiger partial charge >= 0.3 is 0 Å². The van der Waals surface area contributed by atoms with Crippen molar-refractivity contribution < 1.29 is 0 Å². The lowest BCUT2D eigenvalue weighted by atomic mass is 10.1. The molecule has 0 aromatic rings. The van der Waals surface area contributed by atoms with Crippen LogP contribution in [0.25, 0.3) is 0 Å². The van der Waals surface area contributed by atoms with Crippen molar-refractivity contribution in [1.82, 2.24) is 4.90 Å². The van der Waals surface area contributed by atoms with Gasteiger partial charge in [0.05, 0.1) is 0 Å². The van der Waals surface area contributed by atoms with Crippen LogP contribution >= 0.6 is 0 Å². The Bertz CT molecular complexity index is 85.6. The van der Waals surface area contributed by atoms with Gasteiger partial charge in [-0.1, -0.05) is 13.8 Å². The monoisotopic (exact) mass is 173 g/mol. The molecule has 0 heterocycles. The second kappa shape index (κ2) is 5.78. The molecule has 0 aromatic heterocycles. The van der Waals surface area contributed by atoms with Crippen molar-refractivity contribution in [3.63, 3.8) is 0 Å². The fraction of sp³-hybridized carbons (Fsp3) is 1.00. The molecule has 68 valence electrons. The first-order valence-electron chi connectivity index (χ1n) is 4.93. The van der Waals surface area contributed by atoms with Gasteiger partial charge in [0, 0.05) is 22.3 Å². The van der Waals surface area contributed by atoms with Gasteiger partial charge in [0.2, 0.25) is 0 Å². The van der Waals surface area contributed by atoms with Crippen LogP contribution in [0, 0.1) is 0 Å². The molecule has 0 N–H and O–H groups in total. The molecule has 0 bridgehead atoms. The fourth-order valence-electron chi connectivity index (χ4n) is 1.53. The van der Waals surface area contributed by atoms with Crippen LogP contribution < -0.4 is 0 Å². The molecule has 1 nitrogen and oxygen atoms in total. The maximum atomic E-state index is 2.63. The van der Waals surface area contributed by atoms with Gasteiger partial charge in [-0.15, -0.1) is 0 Å². The Morgan fingerprint density at radius 1 is 1.09 bits per heavy atom. The van der Waals surface area contributed by atoms with Crippen LogP contribution in [0.5, 0.6) is 0 Å². The summed E-state index contributed by atoms with van der Waals surface area (Å²) in [5.74, 6) is 0. The Balaban J connectivity index is 3.92. The van der Waals surface area contributed by atoms with E-state index in [1.807, 2.05) is 0 Å². The van der Waals surface area contributed by atoms with E-state index in [0.29, 0.717) is 0 Å². The van der Waals surface area contributed by atoms with Crippen LogP contribution in [-0.2, 0) is 0 Å². The molecule has 2 heteroatoms. The van der Waals surface area contributed by atoms with Crippen LogP contribution in [-0.4, -0.2) is 33.4 Å². The molecule has 0 aliphatic carbocycles. The first kappa shape index (κ1) is 11.2. The van der Waals surface area contributed by atoms with E-state index in [0.717, 1.165) is 12.1 Å². The Labute approximate surface area is 74.6 Å². The highest BCUT2D eigenvalue weighted by Crippen LogP contribution is 2.09. The van der Waals surface area contributed by atoms with Gasteiger partial charge in [-0.25, -0.2) is 0 Å². The van der Waals surface area contributed by atoms with Crippen LogP contribution in [0.3, 0.4) is 0 Å². The van der Waals surface area contributed by atoms with Crippen molar-refractivity contribution in [3.05, 3.63) is 0 Å². The van der Waals surface area contributed by atoms with E-state index in [9.17, 15) is 0 Å². The van der Waals surface area contributed by atoms with Crippen molar-refractivity contribution >= 4 is 10.2 Å². The zero-order valence-electron chi connectivity index (χ0n) is 8.72. The third-order valence-corrected chi connectivity index (χ3v) is 3.41. The Kier molecular flexibility index (Phi) is 5.87. The van der Waals surface area contributed by atoms with E-state index in [2.05, 4.69) is 32.6 Å². The second-order valence-corrected chi connectivity index (χ2v) is 3.98. The minimum Gasteiger partial charge on any atom is -0.302 e. The van der Waals surface area contributed by atoms with Gasteiger partial charge in [0.15, 0.2) is 0 Å². The van der Waals surface area contributed by atoms with E-state index < -0.39 is 0 Å². The molecule has 0 aliphatic rings. The van der Waals surface area contributed by atoms with Crippen LogP contribution in [0.4, 0.5) is 0 Å². The molecule has 0 rings (SSSR count). The van der Waals surface area contributed by atoms with Crippen molar-refractivity contribution in [3.8, 4) is 0 Å². The number of hydrogen-bond donors (Lipinski definition) is 0. The molecule has 2 unspecified atom stereocenters. The zero-order valence-corrected chi connectivity index (χ0v) is 10.7. The molecule has 0 radical (unpaired) electrons. The fourth-order valence-corrected chi connectivity index (χ4v) is 2.77. The van der Waals surface area contributed by atoms with Gasteiger partial charge in [-0.3, -0.25) is 0 Å². The third kappa shape index (κ3) is 3.39. The average Bonchev–Trinajstić information content (AvgIpc) is 2.05. The van der Waals surface area contributed by atoms with Crippen molar-refractivity contribution in [2.45, 2.75) is 52.6 Å². The van der Waals surface area contributed by atoms with Gasteiger partial charge in [0.1, 0.15) is 0 Å². The SMILES string of the molecule is CCC(C)N(C[SiH3])C(C)CC. The molecule has 0 amide bonds. The maximum absolute atomic E-state index is 2.63. The first-order valence-corrected chi connectivity index (χ1v) is 6.34. The van der Waals surface area contributed by atoms with E-state index in [1.165, 1.54) is 29.3 Å². The lowest BCUT2D eigenvalue weighted by Crippen LogP contribution is -2.40. The molecule has 11 heavy (non-hydrogen) atoms. The highest BCUT2D eigenvalue weighted by atomic mass is 28.1. The predicted molar refractivity (Wildman–Crippen MR) is 56.2 cm³/mol. The standard InChI is InChI=1S/C9H23NSi/c1-5-8(3)10(7-11)9(4)6-2/h8-9H,5-7H2,1-4,11H3. The summed E-state index contributed by atoms with van der Waals surface area (Å²) in [6, 6.07) is 1.56. The highest BCUT2D eigenvalue weighted by Gasteiger charge is 2.14. The summed E-state index contributed by atoms with van der Waals surface area (Å²) in [5, 5.41) is 0. The number of rotatable bonds is 5. The second-order valence-electron chi connectivity index (χ2n) is 3.34. The molecular weight excluding hydrogens is 150 g/mol. The average molecular weight is 173 g/mol. The normalized spacial score (nSPS) is 17.2. The van der Waals surface area contributed by atoms with E-state index in [1.54, 1.807) is 0 Å². The summed E-state index contributed by atoms with van der Waals surface area (Å²) in [5.41, 5.74) is 0. The predicted octanol–water partition coefficient (Wildman–Crippen LogP) is 1.21. The quantitative estimate of drug-likeness (QED) is 0.565. The van der Waals surface area contributed by atoms with Gasteiger partial charge < -0.3 is 4.90 Å². The molecule has 0 spiro atoms. The van der Waals surface area contributed by atoms with Gasteiger partial charge in [0.25, 0.3) is 0 Å². The lowest BCUT2D eigenvalue weighted by Gasteiger charge is -2.32. The van der Waals surface area contributed by atoms with Gasteiger partial charge in [-0.05, 0) is 32.9 Å². The summed E-state index contributed by atoms with van der Waals surface area (Å²) in [6.45, 7) is 9.22. The summed E-state index contributed by atoms with van der Waals surface area (Å²) >= 11 is 0. The lowest BCUT2D eigenvalue weighted by molar-refractivity contribution is 0.175. The molecule has 2 atom stereocenters. The maximum Gasteiger partial charge on any atom is 0.0205 e. The zero-order chi connectivity index (χ0) is 8.85. The Morgan fingerprint density at radius 3 is 1.64 bits per heavy atom. The smallest absolute Gasteiger partial charge is 0.0205 e. The van der Waals surface area contributed by atoms with Crippen molar-refractivity contribution in [2.24, 2.45) is 0 Å². The third-order valence-electron chi connectivity index (χ3n) is 2.68. The van der Waals surface area contributed by atoms with E-state index in [-0.39, 0.29) is 0 Å². The molecule has 0 saturated heterocycles. The first-order chi connectivity index (χ1) is 5.17. The Morgan fingerprint density at radius 2 is 1.45 bits per heavy atom. The number of nitrogens with zero attached hydrogens (tertiary/aromatic N) is 1. The van der Waals surface area contributed by atoms with E-state index >= 15 is 0 Å². The van der Waals surface area contributed by atoms with Crippen molar-refractivity contribution in [1.29, 1.82) is 0 Å². The van der Waals surface area contributed by atoms with Gasteiger partial charge in [-0.2, -0.15) is 0 Å². The highest BCUT2D eigenvalue weighted by molar-refractivity contribution is 6.08. The molecular formula is C9H23NSi. The van der Waals surface area contributed by atoms with Crippen molar-refractivity contribution in [2.75, 3.05) is 6.17 Å². The van der Waals surface area contributed by atoms with Crippen LogP contribution in [0.1, 0.15) is 40.5 Å². The minimum absolute atomic E-state index is 0.780.